The minimum Gasteiger partial charge on any atom is -0.399 e. The van der Waals surface area contributed by atoms with Crippen molar-refractivity contribution in [1.82, 2.24) is 10.2 Å². The van der Waals surface area contributed by atoms with Crippen LogP contribution in [-0.2, 0) is 4.79 Å². The Kier molecular flexibility index (Phi) is 5.78. The van der Waals surface area contributed by atoms with Crippen molar-refractivity contribution in [3.05, 3.63) is 64.7 Å². The topological polar surface area (TPSA) is 75.4 Å². The number of anilines is 1. The number of nitrogens with zero attached hydrogens (tertiary/aromatic N) is 1. The van der Waals surface area contributed by atoms with Crippen LogP contribution in [0.2, 0.25) is 0 Å². The van der Waals surface area contributed by atoms with Gasteiger partial charge in [0.1, 0.15) is 6.04 Å². The van der Waals surface area contributed by atoms with Crippen LogP contribution in [0, 0.1) is 0 Å². The number of carbonyl (C=O) groups excluding carboxylic acids is 2. The lowest BCUT2D eigenvalue weighted by Crippen LogP contribution is -2.46. The summed E-state index contributed by atoms with van der Waals surface area (Å²) in [7, 11) is 0. The number of allylic oxidation sites excluding steroid dienone is 4. The molecule has 2 aliphatic rings. The number of carbonyl (C=O) groups is 2. The standard InChI is InChI=1S/C20H22ClN3O2/c21-16-4-1-3-14(6-9-16)13-23-19(25)18-5-2-12-24(18)20(26)15-7-10-17(22)11-8-15/h1,3,6-11,18H,2,4-5,12-13,22H2,(H,23,25). The largest absolute Gasteiger partial charge is 0.399 e. The summed E-state index contributed by atoms with van der Waals surface area (Å²) in [4.78, 5) is 27.0. The molecule has 1 saturated heterocycles. The van der Waals surface area contributed by atoms with E-state index in [0.29, 0.717) is 37.2 Å². The van der Waals surface area contributed by atoms with Crippen molar-refractivity contribution < 1.29 is 9.59 Å². The van der Waals surface area contributed by atoms with Gasteiger partial charge >= 0.3 is 0 Å². The van der Waals surface area contributed by atoms with Gasteiger partial charge in [-0.25, -0.2) is 0 Å². The van der Waals surface area contributed by atoms with Crippen molar-refractivity contribution in [2.24, 2.45) is 0 Å². The fourth-order valence-electron chi connectivity index (χ4n) is 3.14. The van der Waals surface area contributed by atoms with Crippen LogP contribution in [0.1, 0.15) is 29.6 Å². The van der Waals surface area contributed by atoms with Crippen LogP contribution < -0.4 is 11.1 Å². The van der Waals surface area contributed by atoms with E-state index in [2.05, 4.69) is 5.32 Å². The number of nitrogens with two attached hydrogens (primary N) is 1. The molecule has 1 atom stereocenters. The molecule has 1 fully saturated rings. The average Bonchev–Trinajstić information content (AvgIpc) is 3.04. The van der Waals surface area contributed by atoms with E-state index in [0.717, 1.165) is 17.0 Å². The number of rotatable bonds is 4. The monoisotopic (exact) mass is 371 g/mol. The number of hydrogen-bond acceptors (Lipinski definition) is 3. The first-order chi connectivity index (χ1) is 12.5. The number of benzene rings is 1. The van der Waals surface area contributed by atoms with Gasteiger partial charge in [0.15, 0.2) is 0 Å². The van der Waals surface area contributed by atoms with E-state index in [1.165, 1.54) is 0 Å². The zero-order valence-corrected chi connectivity index (χ0v) is 15.2. The summed E-state index contributed by atoms with van der Waals surface area (Å²) in [5.41, 5.74) is 7.81. The smallest absolute Gasteiger partial charge is 0.254 e. The molecule has 1 aliphatic heterocycles. The van der Waals surface area contributed by atoms with Crippen LogP contribution in [0.5, 0.6) is 0 Å². The molecule has 1 heterocycles. The van der Waals surface area contributed by atoms with E-state index < -0.39 is 6.04 Å². The zero-order valence-electron chi connectivity index (χ0n) is 14.5. The van der Waals surface area contributed by atoms with Crippen molar-refractivity contribution in [2.45, 2.75) is 25.3 Å². The van der Waals surface area contributed by atoms with Crippen LogP contribution in [0.25, 0.3) is 0 Å². The normalized spacial score (nSPS) is 19.6. The molecule has 0 bridgehead atoms. The maximum Gasteiger partial charge on any atom is 0.254 e. The Bertz CT molecular complexity index is 781. The maximum atomic E-state index is 12.7. The third-order valence-corrected chi connectivity index (χ3v) is 4.84. The van der Waals surface area contributed by atoms with Crippen LogP contribution in [0.3, 0.4) is 0 Å². The van der Waals surface area contributed by atoms with Crippen molar-refractivity contribution in [3.63, 3.8) is 0 Å². The van der Waals surface area contributed by atoms with Gasteiger partial charge in [0.25, 0.3) is 5.91 Å². The third-order valence-electron chi connectivity index (χ3n) is 4.56. The molecule has 5 nitrogen and oxygen atoms in total. The molecule has 1 unspecified atom stereocenters. The van der Waals surface area contributed by atoms with Gasteiger partial charge in [-0.3, -0.25) is 9.59 Å². The molecule has 0 spiro atoms. The van der Waals surface area contributed by atoms with Gasteiger partial charge in [0.05, 0.1) is 0 Å². The van der Waals surface area contributed by atoms with E-state index in [1.54, 1.807) is 29.2 Å². The van der Waals surface area contributed by atoms with Gasteiger partial charge in [-0.05, 0) is 48.8 Å². The third kappa shape index (κ3) is 4.35. The predicted octanol–water partition coefficient (Wildman–Crippen LogP) is 3.00. The second-order valence-corrected chi connectivity index (χ2v) is 6.94. The first-order valence-electron chi connectivity index (χ1n) is 8.70. The van der Waals surface area contributed by atoms with Crippen molar-refractivity contribution in [3.8, 4) is 0 Å². The SMILES string of the molecule is Nc1ccc(C(=O)N2CCCC2C(=O)NCC2=CC=C(Cl)CC=C2)cc1. The van der Waals surface area contributed by atoms with Gasteiger partial charge in [-0.1, -0.05) is 29.8 Å². The summed E-state index contributed by atoms with van der Waals surface area (Å²) < 4.78 is 0. The van der Waals surface area contributed by atoms with E-state index in [4.69, 9.17) is 17.3 Å². The van der Waals surface area contributed by atoms with E-state index in [1.807, 2.05) is 24.3 Å². The van der Waals surface area contributed by atoms with Gasteiger partial charge in [-0.15, -0.1) is 0 Å². The van der Waals surface area contributed by atoms with Crippen molar-refractivity contribution in [2.75, 3.05) is 18.8 Å². The van der Waals surface area contributed by atoms with Crippen LogP contribution >= 0.6 is 11.6 Å². The second kappa shape index (κ2) is 8.23. The number of hydrogen-bond donors (Lipinski definition) is 2. The second-order valence-electron chi connectivity index (χ2n) is 6.46. The minimum absolute atomic E-state index is 0.125. The van der Waals surface area contributed by atoms with Crippen LogP contribution in [0.15, 0.2) is 59.2 Å². The van der Waals surface area contributed by atoms with Gasteiger partial charge < -0.3 is 16.0 Å². The Balaban J connectivity index is 1.63. The number of nitrogen functional groups attached to an aromatic ring is 1. The molecular weight excluding hydrogens is 350 g/mol. The summed E-state index contributed by atoms with van der Waals surface area (Å²) in [5, 5.41) is 3.70. The molecule has 26 heavy (non-hydrogen) atoms. The lowest BCUT2D eigenvalue weighted by Gasteiger charge is -2.24. The van der Waals surface area contributed by atoms with Crippen LogP contribution in [0.4, 0.5) is 5.69 Å². The highest BCUT2D eigenvalue weighted by molar-refractivity contribution is 6.29. The number of nitrogens with one attached hydrogen (secondary N) is 1. The van der Waals surface area contributed by atoms with Crippen LogP contribution in [-0.4, -0.2) is 35.8 Å². The van der Waals surface area contributed by atoms with Crippen molar-refractivity contribution in [1.29, 1.82) is 0 Å². The molecule has 1 aliphatic carbocycles. The van der Waals surface area contributed by atoms with Gasteiger partial charge in [0.2, 0.25) is 5.91 Å². The van der Waals surface area contributed by atoms with E-state index in [9.17, 15) is 9.59 Å². The predicted molar refractivity (Wildman–Crippen MR) is 104 cm³/mol. The summed E-state index contributed by atoms with van der Waals surface area (Å²) in [5.74, 6) is -0.258. The summed E-state index contributed by atoms with van der Waals surface area (Å²) >= 11 is 6.00. The first kappa shape index (κ1) is 18.3. The Morgan fingerprint density at radius 1 is 1.23 bits per heavy atom. The molecule has 2 amide bonds. The highest BCUT2D eigenvalue weighted by Gasteiger charge is 2.34. The summed E-state index contributed by atoms with van der Waals surface area (Å²) in [6.07, 6.45) is 9.86. The Labute approximate surface area is 158 Å². The highest BCUT2D eigenvalue weighted by atomic mass is 35.5. The minimum atomic E-state index is -0.436. The molecule has 6 heteroatoms. The van der Waals surface area contributed by atoms with Gasteiger partial charge in [0, 0.05) is 35.8 Å². The fourth-order valence-corrected chi connectivity index (χ4v) is 3.29. The quantitative estimate of drug-likeness (QED) is 0.799. The molecule has 3 rings (SSSR count). The molecule has 0 aromatic heterocycles. The summed E-state index contributed by atoms with van der Waals surface area (Å²) in [6, 6.07) is 6.35. The zero-order chi connectivity index (χ0) is 18.5. The van der Waals surface area contributed by atoms with E-state index in [-0.39, 0.29) is 11.8 Å². The Morgan fingerprint density at radius 3 is 2.77 bits per heavy atom. The van der Waals surface area contributed by atoms with E-state index >= 15 is 0 Å². The molecule has 1 aromatic rings. The fraction of sp³-hybridized carbons (Fsp3) is 0.300. The molecule has 0 saturated carbocycles. The maximum absolute atomic E-state index is 12.7. The number of amides is 2. The molecule has 3 N–H and O–H groups in total. The number of likely N-dealkylation sites (tertiary alicyclic amines) is 1. The average molecular weight is 372 g/mol. The highest BCUT2D eigenvalue weighted by Crippen LogP contribution is 2.21. The van der Waals surface area contributed by atoms with Crippen molar-refractivity contribution >= 4 is 29.1 Å². The first-order valence-corrected chi connectivity index (χ1v) is 9.08. The lowest BCUT2D eigenvalue weighted by atomic mass is 10.1. The van der Waals surface area contributed by atoms with Gasteiger partial charge in [-0.2, -0.15) is 0 Å². The molecule has 1 aromatic carbocycles. The Morgan fingerprint density at radius 2 is 2.00 bits per heavy atom. The lowest BCUT2D eigenvalue weighted by molar-refractivity contribution is -0.124. The number of halogens is 1. The summed E-state index contributed by atoms with van der Waals surface area (Å²) in [6.45, 7) is 0.999. The molecular formula is C20H22ClN3O2. The Hall–Kier alpha value is -2.53. The molecule has 0 radical (unpaired) electrons. The molecule has 136 valence electrons.